The highest BCUT2D eigenvalue weighted by molar-refractivity contribution is 6.14. The smallest absolute Gasteiger partial charge is 0.160 e. The van der Waals surface area contributed by atoms with Crippen molar-refractivity contribution < 1.29 is 0 Å². The highest BCUT2D eigenvalue weighted by Crippen LogP contribution is 2.43. The Morgan fingerprint density at radius 1 is 0.279 bits per heavy atom. The van der Waals surface area contributed by atoms with Crippen molar-refractivity contribution in [3.05, 3.63) is 224 Å². The molecular weight excluding hydrogens is 743 g/mol. The van der Waals surface area contributed by atoms with Crippen LogP contribution in [-0.4, -0.2) is 24.5 Å². The number of hydrogen-bond acceptors (Lipinski definition) is 4. The van der Waals surface area contributed by atoms with Gasteiger partial charge in [-0.05, 0) is 42.0 Å². The monoisotopic (exact) mass is 779 g/mol. The van der Waals surface area contributed by atoms with E-state index < -0.39 is 0 Å². The van der Waals surface area contributed by atoms with E-state index in [4.69, 9.17) is 19.9 Å². The van der Waals surface area contributed by atoms with Crippen LogP contribution in [0.2, 0.25) is 0 Å². The van der Waals surface area contributed by atoms with E-state index in [1.165, 1.54) is 10.8 Å². The molecule has 0 saturated heterocycles. The van der Waals surface area contributed by atoms with Crippen LogP contribution in [0.4, 0.5) is 0 Å². The Morgan fingerprint density at radius 2 is 0.738 bits per heavy atom. The molecule has 286 valence electrons. The van der Waals surface area contributed by atoms with E-state index in [2.05, 4.69) is 168 Å². The lowest BCUT2D eigenvalue weighted by Gasteiger charge is -2.17. The van der Waals surface area contributed by atoms with Gasteiger partial charge in [-0.1, -0.05) is 188 Å². The van der Waals surface area contributed by atoms with Gasteiger partial charge in [-0.25, -0.2) is 19.9 Å². The lowest BCUT2D eigenvalue weighted by atomic mass is 9.92. The van der Waals surface area contributed by atoms with Crippen LogP contribution in [0.25, 0.3) is 106 Å². The van der Waals surface area contributed by atoms with Gasteiger partial charge < -0.3 is 4.57 Å². The summed E-state index contributed by atoms with van der Waals surface area (Å²) in [5, 5.41) is 2.38. The summed E-state index contributed by atoms with van der Waals surface area (Å²) in [6, 6.07) is 77.9. The Balaban J connectivity index is 1.22. The van der Waals surface area contributed by atoms with Crippen molar-refractivity contribution in [3.8, 4) is 84.6 Å². The molecule has 8 aromatic carbocycles. The second-order valence-electron chi connectivity index (χ2n) is 15.0. The molecular formula is C56H37N5. The van der Waals surface area contributed by atoms with E-state index >= 15 is 0 Å². The van der Waals surface area contributed by atoms with Gasteiger partial charge in [-0.3, -0.25) is 0 Å². The molecule has 0 atom stereocenters. The third-order valence-electron chi connectivity index (χ3n) is 11.2. The minimum atomic E-state index is 0.657. The van der Waals surface area contributed by atoms with Crippen LogP contribution in [0.5, 0.6) is 0 Å². The van der Waals surface area contributed by atoms with E-state index in [0.29, 0.717) is 11.6 Å². The first kappa shape index (κ1) is 35.8. The quantitative estimate of drug-likeness (QED) is 0.154. The lowest BCUT2D eigenvalue weighted by Crippen LogP contribution is -2.00. The molecule has 0 aliphatic heterocycles. The van der Waals surface area contributed by atoms with Crippen LogP contribution in [0.15, 0.2) is 224 Å². The number of rotatable bonds is 8. The zero-order chi connectivity index (χ0) is 40.5. The van der Waals surface area contributed by atoms with Gasteiger partial charge in [0.25, 0.3) is 0 Å². The Hall–Kier alpha value is -8.28. The number of nitrogens with zero attached hydrogens (tertiary/aromatic N) is 5. The van der Waals surface area contributed by atoms with E-state index in [1.54, 1.807) is 0 Å². The number of fused-ring (bicyclic) bond motifs is 3. The molecule has 0 bridgehead atoms. The number of hydrogen-bond donors (Lipinski definition) is 0. The molecule has 61 heavy (non-hydrogen) atoms. The molecule has 3 heterocycles. The molecule has 11 rings (SSSR count). The maximum Gasteiger partial charge on any atom is 0.160 e. The van der Waals surface area contributed by atoms with Crippen LogP contribution < -0.4 is 0 Å². The average Bonchev–Trinajstić information content (AvgIpc) is 3.70. The van der Waals surface area contributed by atoms with E-state index in [0.717, 1.165) is 84.0 Å². The van der Waals surface area contributed by atoms with Crippen LogP contribution in [0.3, 0.4) is 0 Å². The highest BCUT2D eigenvalue weighted by atomic mass is 15.0. The first-order chi connectivity index (χ1) is 30.2. The number of para-hydroxylation sites is 3. The highest BCUT2D eigenvalue weighted by Gasteiger charge is 2.22. The van der Waals surface area contributed by atoms with Crippen molar-refractivity contribution in [1.29, 1.82) is 0 Å². The minimum Gasteiger partial charge on any atom is -0.309 e. The SMILES string of the molecule is c1ccc(-c2cc(-c3ccc(-c4cccc5c6ccccc6n(-c6ccccc6)c45)c(-c4cc(-c5ccccc5)nc(-c5ccccc5)n4)c3)nc(-c3ccccc3)n2)cc1. The predicted molar refractivity (Wildman–Crippen MR) is 250 cm³/mol. The van der Waals surface area contributed by atoms with E-state index in [9.17, 15) is 0 Å². The molecule has 0 fully saturated rings. The van der Waals surface area contributed by atoms with Crippen molar-refractivity contribution in [2.24, 2.45) is 0 Å². The Morgan fingerprint density at radius 3 is 1.33 bits per heavy atom. The zero-order valence-electron chi connectivity index (χ0n) is 33.1. The Kier molecular flexibility index (Phi) is 9.10. The fourth-order valence-corrected chi connectivity index (χ4v) is 8.36. The van der Waals surface area contributed by atoms with Gasteiger partial charge in [0.15, 0.2) is 11.6 Å². The van der Waals surface area contributed by atoms with Gasteiger partial charge >= 0.3 is 0 Å². The molecule has 0 aliphatic carbocycles. The molecule has 5 nitrogen and oxygen atoms in total. The molecule has 0 amide bonds. The van der Waals surface area contributed by atoms with Crippen molar-refractivity contribution in [1.82, 2.24) is 24.5 Å². The van der Waals surface area contributed by atoms with Gasteiger partial charge in [0.1, 0.15) is 0 Å². The Bertz CT molecular complexity index is 3210. The molecule has 0 aliphatic rings. The third-order valence-corrected chi connectivity index (χ3v) is 11.2. The van der Waals surface area contributed by atoms with Crippen molar-refractivity contribution >= 4 is 21.8 Å². The lowest BCUT2D eigenvalue weighted by molar-refractivity contribution is 1.17. The fraction of sp³-hybridized carbons (Fsp3) is 0. The summed E-state index contributed by atoms with van der Waals surface area (Å²) in [5.74, 6) is 1.32. The van der Waals surface area contributed by atoms with Crippen LogP contribution in [0, 0.1) is 0 Å². The maximum absolute atomic E-state index is 5.40. The molecule has 5 heteroatoms. The van der Waals surface area contributed by atoms with Crippen molar-refractivity contribution in [2.75, 3.05) is 0 Å². The van der Waals surface area contributed by atoms with Crippen LogP contribution in [0.1, 0.15) is 0 Å². The Labute approximate surface area is 354 Å². The molecule has 0 N–H and O–H groups in total. The largest absolute Gasteiger partial charge is 0.309 e. The van der Waals surface area contributed by atoms with Crippen LogP contribution >= 0.6 is 0 Å². The normalized spacial score (nSPS) is 11.3. The average molecular weight is 780 g/mol. The number of benzene rings is 8. The van der Waals surface area contributed by atoms with E-state index in [1.807, 2.05) is 60.7 Å². The molecule has 0 saturated carbocycles. The maximum atomic E-state index is 5.40. The fourth-order valence-electron chi connectivity index (χ4n) is 8.36. The summed E-state index contributed by atoms with van der Waals surface area (Å²) in [6.07, 6.45) is 0. The second kappa shape index (κ2) is 15.5. The van der Waals surface area contributed by atoms with Crippen molar-refractivity contribution in [2.45, 2.75) is 0 Å². The topological polar surface area (TPSA) is 56.5 Å². The summed E-state index contributed by atoms with van der Waals surface area (Å²) >= 11 is 0. The molecule has 11 aromatic rings. The first-order valence-electron chi connectivity index (χ1n) is 20.5. The molecule has 0 radical (unpaired) electrons. The van der Waals surface area contributed by atoms with Gasteiger partial charge in [0, 0.05) is 55.4 Å². The van der Waals surface area contributed by atoms with Gasteiger partial charge in [-0.2, -0.15) is 0 Å². The standard InChI is InChI=1S/C56H37N5/c1-6-19-38(20-7-1)49-36-51(59-55(57-49)40-23-10-3-11-24-40)42-33-34-44(46-30-18-31-47-45-29-16-17-32-53(45)61(54(46)47)43-27-14-5-15-28-43)48(35-42)52-37-50(39-21-8-2-9-22-39)58-56(60-52)41-25-12-4-13-26-41/h1-37H. The third kappa shape index (κ3) is 6.74. The zero-order valence-corrected chi connectivity index (χ0v) is 33.1. The first-order valence-corrected chi connectivity index (χ1v) is 20.5. The van der Waals surface area contributed by atoms with Crippen LogP contribution in [-0.2, 0) is 0 Å². The van der Waals surface area contributed by atoms with Gasteiger partial charge in [-0.15, -0.1) is 0 Å². The number of aromatic nitrogens is 5. The van der Waals surface area contributed by atoms with Gasteiger partial charge in [0.05, 0.1) is 33.8 Å². The molecule has 0 unspecified atom stereocenters. The van der Waals surface area contributed by atoms with Gasteiger partial charge in [0.2, 0.25) is 0 Å². The summed E-state index contributed by atoms with van der Waals surface area (Å²) in [5.41, 5.74) is 14.7. The summed E-state index contributed by atoms with van der Waals surface area (Å²) in [7, 11) is 0. The van der Waals surface area contributed by atoms with E-state index in [-0.39, 0.29) is 0 Å². The molecule has 0 spiro atoms. The minimum absolute atomic E-state index is 0.657. The summed E-state index contributed by atoms with van der Waals surface area (Å²) < 4.78 is 2.39. The van der Waals surface area contributed by atoms with Crippen molar-refractivity contribution in [3.63, 3.8) is 0 Å². The summed E-state index contributed by atoms with van der Waals surface area (Å²) in [4.78, 5) is 20.9. The molecule has 3 aromatic heterocycles. The second-order valence-corrected chi connectivity index (χ2v) is 15.0. The predicted octanol–water partition coefficient (Wildman–Crippen LogP) is 14.0. The summed E-state index contributed by atoms with van der Waals surface area (Å²) in [6.45, 7) is 0.